The maximum Gasteiger partial charge on any atom is 1.00 e. The maximum absolute atomic E-state index is 12.4. The average molecular weight is 499 g/mol. The predicted molar refractivity (Wildman–Crippen MR) is 136 cm³/mol. The number of anilines is 1. The summed E-state index contributed by atoms with van der Waals surface area (Å²) >= 11 is 0. The molecule has 0 aliphatic rings. The Kier molecular flexibility index (Phi) is 12.7. The van der Waals surface area contributed by atoms with Gasteiger partial charge in [-0.3, -0.25) is 14.4 Å². The first-order valence-corrected chi connectivity index (χ1v) is 11.6. The molecule has 184 valence electrons. The summed E-state index contributed by atoms with van der Waals surface area (Å²) in [5.41, 5.74) is 2.73. The largest absolute Gasteiger partial charge is 1.00 e. The molecule has 3 aromatic rings. The van der Waals surface area contributed by atoms with Gasteiger partial charge in [0, 0.05) is 19.2 Å². The van der Waals surface area contributed by atoms with Crippen LogP contribution in [0.5, 0.6) is 0 Å². The maximum atomic E-state index is 12.4. The number of hydrogen-bond donors (Lipinski definition) is 4. The molecule has 36 heavy (non-hydrogen) atoms. The Bertz CT molecular complexity index is 1100. The molecule has 0 radical (unpaired) electrons. The van der Waals surface area contributed by atoms with Crippen LogP contribution in [0.15, 0.2) is 79.0 Å². The molecular weight excluding hydrogens is 467 g/mol. The monoisotopic (exact) mass is 498 g/mol. The first-order valence-electron chi connectivity index (χ1n) is 11.6. The molecule has 0 aliphatic carbocycles. The predicted octanol–water partition coefficient (Wildman–Crippen LogP) is 0.896. The number of nitrogens with zero attached hydrogens (tertiary/aromatic N) is 1. The van der Waals surface area contributed by atoms with E-state index in [2.05, 4.69) is 20.9 Å². The number of unbranched alkanes of at least 4 members (excludes halogenated alkanes) is 1. The molecule has 1 atom stereocenters. The van der Waals surface area contributed by atoms with Gasteiger partial charge in [-0.1, -0.05) is 60.7 Å². The summed E-state index contributed by atoms with van der Waals surface area (Å²) in [5.74, 6) is -0.890. The quantitative estimate of drug-likeness (QED) is 0.205. The minimum atomic E-state index is -1.02. The van der Waals surface area contributed by atoms with Gasteiger partial charge >= 0.3 is 35.5 Å². The molecule has 0 spiro atoms. The Hall–Kier alpha value is -3.20. The van der Waals surface area contributed by atoms with E-state index in [1.54, 1.807) is 6.20 Å². The van der Waals surface area contributed by atoms with Gasteiger partial charge in [-0.2, -0.15) is 0 Å². The van der Waals surface area contributed by atoms with Crippen molar-refractivity contribution < 1.29 is 50.5 Å². The van der Waals surface area contributed by atoms with E-state index in [-0.39, 0.29) is 49.9 Å². The van der Waals surface area contributed by atoms with Crippen molar-refractivity contribution in [1.29, 1.82) is 0 Å². The van der Waals surface area contributed by atoms with Gasteiger partial charge in [0.05, 0.1) is 19.0 Å². The van der Waals surface area contributed by atoms with Crippen molar-refractivity contribution in [1.82, 2.24) is 15.6 Å². The number of aliphatic carboxylic acids is 1. The summed E-state index contributed by atoms with van der Waals surface area (Å²) in [7, 11) is 0. The molecule has 0 bridgehead atoms. The van der Waals surface area contributed by atoms with Gasteiger partial charge < -0.3 is 22.5 Å². The zero-order valence-electron chi connectivity index (χ0n) is 21.4. The molecular formula is C27H31N4NaO4. The minimum absolute atomic E-state index is 0. The number of carboxylic acid groups (broad SMARTS) is 1. The first-order chi connectivity index (χ1) is 17.0. The number of carboxylic acids is 1. The van der Waals surface area contributed by atoms with Crippen LogP contribution in [-0.4, -0.2) is 41.0 Å². The van der Waals surface area contributed by atoms with E-state index in [1.807, 2.05) is 72.8 Å². The minimum Gasteiger partial charge on any atom is -1.00 e. The molecule has 0 saturated heterocycles. The topological polar surface area (TPSA) is 120 Å². The van der Waals surface area contributed by atoms with Gasteiger partial charge in [-0.05, 0) is 41.7 Å². The smallest absolute Gasteiger partial charge is 1.00 e. The van der Waals surface area contributed by atoms with Crippen LogP contribution in [0.1, 0.15) is 38.7 Å². The molecule has 1 unspecified atom stereocenters. The summed E-state index contributed by atoms with van der Waals surface area (Å²) in [6, 6.07) is 22.2. The number of amides is 2. The van der Waals surface area contributed by atoms with Gasteiger partial charge in [0.2, 0.25) is 11.8 Å². The number of carbonyl (C=O) groups excluding carboxylic acids is 2. The number of pyridine rings is 1. The second-order valence-electron chi connectivity index (χ2n) is 8.08. The van der Waals surface area contributed by atoms with Crippen LogP contribution in [0.3, 0.4) is 0 Å². The van der Waals surface area contributed by atoms with Crippen LogP contribution >= 0.6 is 0 Å². The summed E-state index contributed by atoms with van der Waals surface area (Å²) in [6.07, 6.45) is 3.21. The molecule has 0 fully saturated rings. The number of aromatic nitrogens is 1. The number of benzene rings is 2. The van der Waals surface area contributed by atoms with Crippen molar-refractivity contribution in [2.45, 2.75) is 31.7 Å². The first kappa shape index (κ1) is 29.0. The molecule has 2 aromatic carbocycles. The Labute approximate surface area is 234 Å². The van der Waals surface area contributed by atoms with E-state index in [4.69, 9.17) is 0 Å². The van der Waals surface area contributed by atoms with Crippen LogP contribution in [0.4, 0.5) is 5.82 Å². The fourth-order valence-electron chi connectivity index (χ4n) is 3.57. The van der Waals surface area contributed by atoms with Gasteiger partial charge in [-0.15, -0.1) is 0 Å². The van der Waals surface area contributed by atoms with Crippen LogP contribution in [-0.2, 0) is 14.4 Å². The summed E-state index contributed by atoms with van der Waals surface area (Å²) in [6.45, 7) is 0.494. The number of carbonyl (C=O) groups is 3. The van der Waals surface area contributed by atoms with Gasteiger partial charge in [0.1, 0.15) is 5.82 Å². The Morgan fingerprint density at radius 3 is 2.22 bits per heavy atom. The Morgan fingerprint density at radius 1 is 0.861 bits per heavy atom. The zero-order valence-corrected chi connectivity index (χ0v) is 22.4. The molecule has 1 aromatic heterocycles. The second-order valence-corrected chi connectivity index (χ2v) is 8.08. The molecule has 0 aliphatic heterocycles. The van der Waals surface area contributed by atoms with Crippen LogP contribution in [0, 0.1) is 0 Å². The van der Waals surface area contributed by atoms with Crippen LogP contribution in [0.2, 0.25) is 0 Å². The summed E-state index contributed by atoms with van der Waals surface area (Å²) < 4.78 is 0. The zero-order chi connectivity index (χ0) is 24.9. The molecule has 1 heterocycles. The molecule has 0 saturated carbocycles. The Balaban J connectivity index is 0.00000342. The third-order valence-corrected chi connectivity index (χ3v) is 5.38. The standard InChI is InChI=1S/C27H30N4O4.Na.H/c32-25(11-5-7-17-29-24-10-4-6-16-28-24)30-19-26(33)31-23(18-27(34)35)22-14-12-21(13-15-22)20-8-2-1-3-9-20;;/h1-4,6,8-10,12-16,23H,5,7,11,17-19H2,(H,28,29)(H,30,32)(H,31,33)(H,34,35);;/q;+1;-1. The molecule has 4 N–H and O–H groups in total. The molecule has 8 nitrogen and oxygen atoms in total. The van der Waals surface area contributed by atoms with Gasteiger partial charge in [-0.25, -0.2) is 4.98 Å². The number of nitrogens with one attached hydrogen (secondary N) is 3. The van der Waals surface area contributed by atoms with Crippen LogP contribution < -0.4 is 45.5 Å². The second kappa shape index (κ2) is 15.7. The van der Waals surface area contributed by atoms with Gasteiger partial charge in [0.25, 0.3) is 0 Å². The van der Waals surface area contributed by atoms with Crippen molar-refractivity contribution in [3.63, 3.8) is 0 Å². The third kappa shape index (κ3) is 10.2. The van der Waals surface area contributed by atoms with Crippen molar-refractivity contribution in [3.05, 3.63) is 84.6 Å². The molecule has 9 heteroatoms. The van der Waals surface area contributed by atoms with E-state index in [0.717, 1.165) is 23.4 Å². The number of rotatable bonds is 13. The van der Waals surface area contributed by atoms with E-state index >= 15 is 0 Å². The molecule has 2 amide bonds. The fraction of sp³-hybridized carbons (Fsp3) is 0.259. The summed E-state index contributed by atoms with van der Waals surface area (Å²) in [4.78, 5) is 40.0. The van der Waals surface area contributed by atoms with Gasteiger partial charge in [0.15, 0.2) is 0 Å². The van der Waals surface area contributed by atoms with E-state index < -0.39 is 17.9 Å². The van der Waals surface area contributed by atoms with Crippen molar-refractivity contribution in [2.24, 2.45) is 0 Å². The van der Waals surface area contributed by atoms with Crippen molar-refractivity contribution in [3.8, 4) is 11.1 Å². The number of hydrogen-bond acceptors (Lipinski definition) is 5. The van der Waals surface area contributed by atoms with E-state index in [9.17, 15) is 19.5 Å². The van der Waals surface area contributed by atoms with Crippen molar-refractivity contribution in [2.75, 3.05) is 18.4 Å². The normalized spacial score (nSPS) is 11.0. The third-order valence-electron chi connectivity index (χ3n) is 5.38. The SMILES string of the molecule is O=C(O)CC(NC(=O)CNC(=O)CCCCNc1ccccn1)c1ccc(-c2ccccc2)cc1.[H-].[Na+]. The average Bonchev–Trinajstić information content (AvgIpc) is 2.88. The van der Waals surface area contributed by atoms with Crippen molar-refractivity contribution >= 4 is 23.6 Å². The summed E-state index contributed by atoms with van der Waals surface area (Å²) in [5, 5.41) is 17.8. The fourth-order valence-corrected chi connectivity index (χ4v) is 3.57. The Morgan fingerprint density at radius 2 is 1.56 bits per heavy atom. The molecule has 3 rings (SSSR count). The van der Waals surface area contributed by atoms with E-state index in [1.165, 1.54) is 0 Å². The van der Waals surface area contributed by atoms with Crippen LogP contribution in [0.25, 0.3) is 11.1 Å². The van der Waals surface area contributed by atoms with E-state index in [0.29, 0.717) is 24.9 Å².